The lowest BCUT2D eigenvalue weighted by molar-refractivity contribution is -0.120. The van der Waals surface area contributed by atoms with E-state index in [4.69, 9.17) is 4.74 Å². The van der Waals surface area contributed by atoms with Crippen molar-refractivity contribution < 1.29 is 14.3 Å². The highest BCUT2D eigenvalue weighted by atomic mass is 16.5. The van der Waals surface area contributed by atoms with Gasteiger partial charge >= 0.3 is 5.97 Å². The molecule has 1 aromatic carbocycles. The molecule has 2 N–H and O–H groups in total. The van der Waals surface area contributed by atoms with E-state index in [1.807, 2.05) is 0 Å². The van der Waals surface area contributed by atoms with Gasteiger partial charge in [0.2, 0.25) is 5.91 Å². The molecule has 0 bridgehead atoms. The second-order valence-electron chi connectivity index (χ2n) is 5.20. The quantitative estimate of drug-likeness (QED) is 0.822. The molecule has 0 spiro atoms. The number of anilines is 1. The molecular weight excluding hydrogens is 256 g/mol. The van der Waals surface area contributed by atoms with Crippen LogP contribution in [-0.4, -0.2) is 32.1 Å². The maximum absolute atomic E-state index is 12.3. The highest BCUT2D eigenvalue weighted by molar-refractivity contribution is 5.97. The first-order valence-corrected chi connectivity index (χ1v) is 6.74. The third-order valence-electron chi connectivity index (χ3n) is 3.85. The molecule has 2 rings (SSSR count). The van der Waals surface area contributed by atoms with Gasteiger partial charge in [-0.25, -0.2) is 4.79 Å². The Labute approximate surface area is 118 Å². The van der Waals surface area contributed by atoms with Crippen LogP contribution in [0.3, 0.4) is 0 Å². The number of hydrogen-bond acceptors (Lipinski definition) is 4. The second-order valence-corrected chi connectivity index (χ2v) is 5.20. The summed E-state index contributed by atoms with van der Waals surface area (Å²) in [5, 5.41) is 6.12. The van der Waals surface area contributed by atoms with Crippen molar-refractivity contribution in [1.29, 1.82) is 0 Å². The molecule has 5 nitrogen and oxygen atoms in total. The fourth-order valence-corrected chi connectivity index (χ4v) is 2.49. The molecule has 2 unspecified atom stereocenters. The number of nitrogens with one attached hydrogen (secondary N) is 2. The van der Waals surface area contributed by atoms with E-state index >= 15 is 0 Å². The number of carbonyl (C=O) groups excluding carboxylic acids is 2. The maximum Gasteiger partial charge on any atom is 0.338 e. The van der Waals surface area contributed by atoms with E-state index in [2.05, 4.69) is 17.6 Å². The van der Waals surface area contributed by atoms with Crippen molar-refractivity contribution >= 4 is 17.6 Å². The van der Waals surface area contributed by atoms with Crippen molar-refractivity contribution in [2.75, 3.05) is 25.5 Å². The van der Waals surface area contributed by atoms with E-state index in [1.165, 1.54) is 7.11 Å². The van der Waals surface area contributed by atoms with Gasteiger partial charge in [0.25, 0.3) is 0 Å². The summed E-state index contributed by atoms with van der Waals surface area (Å²) in [6.07, 6.45) is 0. The molecule has 1 aromatic rings. The number of hydrogen-bond donors (Lipinski definition) is 2. The van der Waals surface area contributed by atoms with Gasteiger partial charge in [0, 0.05) is 12.2 Å². The Morgan fingerprint density at radius 3 is 2.70 bits per heavy atom. The summed E-state index contributed by atoms with van der Waals surface area (Å²) in [5.41, 5.74) is 1.87. The lowest BCUT2D eigenvalue weighted by atomic mass is 9.97. The van der Waals surface area contributed by atoms with Crippen LogP contribution in [0.15, 0.2) is 18.2 Å². The molecule has 1 saturated heterocycles. The normalized spacial score (nSPS) is 21.6. The number of esters is 1. The number of benzene rings is 1. The molecule has 1 fully saturated rings. The molecule has 1 aliphatic heterocycles. The van der Waals surface area contributed by atoms with Crippen molar-refractivity contribution in [2.24, 2.45) is 11.8 Å². The largest absolute Gasteiger partial charge is 0.465 e. The van der Waals surface area contributed by atoms with Gasteiger partial charge in [-0.05, 0) is 37.1 Å². The van der Waals surface area contributed by atoms with E-state index in [0.29, 0.717) is 23.7 Å². The molecule has 5 heteroatoms. The zero-order valence-electron chi connectivity index (χ0n) is 12.0. The van der Waals surface area contributed by atoms with Crippen LogP contribution in [0.1, 0.15) is 22.8 Å². The van der Waals surface area contributed by atoms with Crippen molar-refractivity contribution in [3.8, 4) is 0 Å². The first-order valence-electron chi connectivity index (χ1n) is 6.74. The molecule has 1 heterocycles. The van der Waals surface area contributed by atoms with E-state index < -0.39 is 5.97 Å². The van der Waals surface area contributed by atoms with Crippen molar-refractivity contribution in [3.63, 3.8) is 0 Å². The van der Waals surface area contributed by atoms with E-state index in [0.717, 1.165) is 12.1 Å². The monoisotopic (exact) mass is 276 g/mol. The summed E-state index contributed by atoms with van der Waals surface area (Å²) in [7, 11) is 1.35. The van der Waals surface area contributed by atoms with Gasteiger partial charge < -0.3 is 15.4 Å². The zero-order valence-corrected chi connectivity index (χ0v) is 12.0. The maximum atomic E-state index is 12.3. The van der Waals surface area contributed by atoms with Gasteiger partial charge in [-0.2, -0.15) is 0 Å². The van der Waals surface area contributed by atoms with Crippen molar-refractivity contribution in [2.45, 2.75) is 13.8 Å². The van der Waals surface area contributed by atoms with Gasteiger partial charge in [-0.3, -0.25) is 4.79 Å². The van der Waals surface area contributed by atoms with Crippen molar-refractivity contribution in [3.05, 3.63) is 29.3 Å². The molecule has 20 heavy (non-hydrogen) atoms. The molecule has 0 aliphatic carbocycles. The third kappa shape index (κ3) is 2.82. The van der Waals surface area contributed by atoms with Crippen LogP contribution >= 0.6 is 0 Å². The number of rotatable bonds is 3. The summed E-state index contributed by atoms with van der Waals surface area (Å²) in [6.45, 7) is 5.42. The molecular formula is C15H20N2O3. The number of amides is 1. The Morgan fingerprint density at radius 1 is 1.35 bits per heavy atom. The zero-order chi connectivity index (χ0) is 14.7. The molecule has 0 radical (unpaired) electrons. The number of methoxy groups -OCH3 is 1. The summed E-state index contributed by atoms with van der Waals surface area (Å²) in [5.74, 6) is -0.114. The van der Waals surface area contributed by atoms with Crippen LogP contribution in [-0.2, 0) is 9.53 Å². The number of carbonyl (C=O) groups is 2. The van der Waals surface area contributed by atoms with Gasteiger partial charge in [-0.1, -0.05) is 13.0 Å². The van der Waals surface area contributed by atoms with Gasteiger partial charge in [0.1, 0.15) is 0 Å². The van der Waals surface area contributed by atoms with E-state index in [9.17, 15) is 9.59 Å². The predicted molar refractivity (Wildman–Crippen MR) is 76.7 cm³/mol. The van der Waals surface area contributed by atoms with Crippen LogP contribution in [0.4, 0.5) is 5.69 Å². The Hall–Kier alpha value is -1.88. The standard InChI is InChI=1S/C15H20N2O3/c1-9-7-16-8-12(9)14(18)17-13-6-4-5-11(10(13)2)15(19)20-3/h4-6,9,12,16H,7-8H2,1-3H3,(H,17,18). The minimum Gasteiger partial charge on any atom is -0.465 e. The topological polar surface area (TPSA) is 67.4 Å². The predicted octanol–water partition coefficient (Wildman–Crippen LogP) is 1.58. The fourth-order valence-electron chi connectivity index (χ4n) is 2.49. The molecule has 108 valence electrons. The molecule has 2 atom stereocenters. The first-order chi connectivity index (χ1) is 9.54. The van der Waals surface area contributed by atoms with Crippen LogP contribution < -0.4 is 10.6 Å². The summed E-state index contributed by atoms with van der Waals surface area (Å²) < 4.78 is 4.73. The molecule has 1 amide bonds. The van der Waals surface area contributed by atoms with Crippen LogP contribution in [0, 0.1) is 18.8 Å². The summed E-state index contributed by atoms with van der Waals surface area (Å²) in [4.78, 5) is 23.9. The lowest BCUT2D eigenvalue weighted by Gasteiger charge is -2.16. The minimum atomic E-state index is -0.394. The van der Waals surface area contributed by atoms with E-state index in [-0.39, 0.29) is 11.8 Å². The average molecular weight is 276 g/mol. The van der Waals surface area contributed by atoms with Gasteiger partial charge in [-0.15, -0.1) is 0 Å². The van der Waals surface area contributed by atoms with Crippen LogP contribution in [0.5, 0.6) is 0 Å². The molecule has 0 saturated carbocycles. The molecule has 0 aromatic heterocycles. The highest BCUT2D eigenvalue weighted by Crippen LogP contribution is 2.23. The highest BCUT2D eigenvalue weighted by Gasteiger charge is 2.29. The Kier molecular flexibility index (Phi) is 4.39. The Balaban J connectivity index is 2.17. The van der Waals surface area contributed by atoms with Crippen LogP contribution in [0.2, 0.25) is 0 Å². The molecule has 1 aliphatic rings. The summed E-state index contributed by atoms with van der Waals surface area (Å²) >= 11 is 0. The third-order valence-corrected chi connectivity index (χ3v) is 3.85. The lowest BCUT2D eigenvalue weighted by Crippen LogP contribution is -2.28. The number of ether oxygens (including phenoxy) is 1. The summed E-state index contributed by atoms with van der Waals surface area (Å²) in [6, 6.07) is 5.23. The van der Waals surface area contributed by atoms with Crippen molar-refractivity contribution in [1.82, 2.24) is 5.32 Å². The Bertz CT molecular complexity index is 528. The van der Waals surface area contributed by atoms with Gasteiger partial charge in [0.15, 0.2) is 0 Å². The fraction of sp³-hybridized carbons (Fsp3) is 0.467. The van der Waals surface area contributed by atoms with E-state index in [1.54, 1.807) is 25.1 Å². The Morgan fingerprint density at radius 2 is 2.10 bits per heavy atom. The second kappa shape index (κ2) is 6.05. The SMILES string of the molecule is COC(=O)c1cccc(NC(=O)C2CNCC2C)c1C. The van der Waals surface area contributed by atoms with Gasteiger partial charge in [0.05, 0.1) is 18.6 Å². The average Bonchev–Trinajstić information content (AvgIpc) is 2.86. The first kappa shape index (κ1) is 14.5. The van der Waals surface area contributed by atoms with Crippen LogP contribution in [0.25, 0.3) is 0 Å². The smallest absolute Gasteiger partial charge is 0.338 e. The minimum absolute atomic E-state index is 0.00684.